The van der Waals surface area contributed by atoms with Gasteiger partial charge in [-0.1, -0.05) is 11.6 Å². The maximum absolute atomic E-state index is 12.7. The molecule has 0 bridgehead atoms. The van der Waals surface area contributed by atoms with Crippen molar-refractivity contribution >= 4 is 38.2 Å². The molecule has 1 aromatic heterocycles. The zero-order valence-corrected chi connectivity index (χ0v) is 14.5. The average molecular weight is 361 g/mol. The second-order valence-corrected chi connectivity index (χ2v) is 8.23. The van der Waals surface area contributed by atoms with Gasteiger partial charge in [0.1, 0.15) is 0 Å². The van der Waals surface area contributed by atoms with Crippen LogP contribution in [0.5, 0.6) is 0 Å². The highest BCUT2D eigenvalue weighted by Crippen LogP contribution is 2.31. The third-order valence-electron chi connectivity index (χ3n) is 4.48. The number of aromatic nitrogens is 1. The number of benzene rings is 2. The number of sulfonamides is 1. The van der Waals surface area contributed by atoms with Crippen molar-refractivity contribution in [3.05, 3.63) is 58.7 Å². The van der Waals surface area contributed by atoms with Crippen molar-refractivity contribution < 1.29 is 8.42 Å². The number of nitrogens with one attached hydrogen (secondary N) is 2. The average Bonchev–Trinajstić information content (AvgIpc) is 2.94. The Bertz CT molecular complexity index is 1010. The lowest BCUT2D eigenvalue weighted by Crippen LogP contribution is -2.12. The highest BCUT2D eigenvalue weighted by Gasteiger charge is 2.19. The lowest BCUT2D eigenvalue weighted by molar-refractivity contribution is 0.601. The summed E-state index contributed by atoms with van der Waals surface area (Å²) in [5, 5.41) is 1.59. The Balaban J connectivity index is 1.73. The summed E-state index contributed by atoms with van der Waals surface area (Å²) in [6.45, 7) is 0. The second kappa shape index (κ2) is 5.83. The van der Waals surface area contributed by atoms with Crippen LogP contribution in [0.2, 0.25) is 5.02 Å². The van der Waals surface area contributed by atoms with Crippen molar-refractivity contribution in [2.75, 3.05) is 4.72 Å². The topological polar surface area (TPSA) is 62.0 Å². The molecule has 0 radical (unpaired) electrons. The van der Waals surface area contributed by atoms with Crippen molar-refractivity contribution in [1.82, 2.24) is 4.98 Å². The van der Waals surface area contributed by atoms with Gasteiger partial charge in [0.2, 0.25) is 0 Å². The molecule has 3 aromatic rings. The van der Waals surface area contributed by atoms with Crippen LogP contribution in [0.1, 0.15) is 24.1 Å². The fourth-order valence-electron chi connectivity index (χ4n) is 3.28. The summed E-state index contributed by atoms with van der Waals surface area (Å²) in [5.74, 6) is 0. The molecule has 0 spiro atoms. The van der Waals surface area contributed by atoms with Crippen molar-refractivity contribution in [3.8, 4) is 0 Å². The van der Waals surface area contributed by atoms with Crippen molar-refractivity contribution in [3.63, 3.8) is 0 Å². The summed E-state index contributed by atoms with van der Waals surface area (Å²) in [7, 11) is -3.63. The minimum Gasteiger partial charge on any atom is -0.358 e. The molecule has 124 valence electrons. The van der Waals surface area contributed by atoms with Crippen LogP contribution in [0.4, 0.5) is 5.69 Å². The molecule has 24 heavy (non-hydrogen) atoms. The highest BCUT2D eigenvalue weighted by atomic mass is 35.5. The van der Waals surface area contributed by atoms with Gasteiger partial charge in [-0.25, -0.2) is 8.42 Å². The van der Waals surface area contributed by atoms with Crippen LogP contribution in [-0.2, 0) is 22.9 Å². The van der Waals surface area contributed by atoms with E-state index >= 15 is 0 Å². The lowest BCUT2D eigenvalue weighted by Gasteiger charge is -2.11. The normalized spacial score (nSPS) is 14.5. The minimum atomic E-state index is -3.63. The molecule has 0 saturated heterocycles. The fraction of sp³-hybridized carbons (Fsp3) is 0.222. The molecule has 4 rings (SSSR count). The molecular weight excluding hydrogens is 344 g/mol. The third-order valence-corrected chi connectivity index (χ3v) is 6.11. The minimum absolute atomic E-state index is 0.275. The van der Waals surface area contributed by atoms with Crippen LogP contribution in [0.25, 0.3) is 10.9 Å². The fourth-order valence-corrected chi connectivity index (χ4v) is 4.49. The number of fused-ring (bicyclic) bond motifs is 3. The summed E-state index contributed by atoms with van der Waals surface area (Å²) >= 11 is 5.84. The molecule has 1 heterocycles. The van der Waals surface area contributed by atoms with E-state index in [1.807, 2.05) is 6.07 Å². The van der Waals surface area contributed by atoms with Gasteiger partial charge in [-0.2, -0.15) is 0 Å². The molecule has 2 aromatic carbocycles. The van der Waals surface area contributed by atoms with Gasteiger partial charge < -0.3 is 4.98 Å². The predicted octanol–water partition coefficient (Wildman–Crippen LogP) is 4.50. The van der Waals surface area contributed by atoms with Gasteiger partial charge >= 0.3 is 0 Å². The lowest BCUT2D eigenvalue weighted by atomic mass is 9.96. The quantitative estimate of drug-likeness (QED) is 0.722. The molecule has 1 aliphatic carbocycles. The Morgan fingerprint density at radius 3 is 2.54 bits per heavy atom. The number of halogens is 1. The van der Waals surface area contributed by atoms with Gasteiger partial charge in [0.05, 0.1) is 4.90 Å². The van der Waals surface area contributed by atoms with E-state index in [9.17, 15) is 8.42 Å². The zero-order chi connectivity index (χ0) is 16.7. The summed E-state index contributed by atoms with van der Waals surface area (Å²) in [5.41, 5.74) is 4.01. The van der Waals surface area contributed by atoms with Gasteiger partial charge in [0, 0.05) is 27.3 Å². The van der Waals surface area contributed by atoms with Crippen LogP contribution < -0.4 is 4.72 Å². The molecule has 0 amide bonds. The molecular formula is C18H17ClN2O2S. The maximum Gasteiger partial charge on any atom is 0.261 e. The number of anilines is 1. The third kappa shape index (κ3) is 2.78. The van der Waals surface area contributed by atoms with E-state index in [2.05, 4.69) is 9.71 Å². The van der Waals surface area contributed by atoms with Crippen LogP contribution in [0.15, 0.2) is 47.4 Å². The SMILES string of the molecule is O=S(=O)(Nc1ccc(Cl)cc1)c1ccc2[nH]c3c(c2c1)CCCC3. The predicted molar refractivity (Wildman–Crippen MR) is 97.2 cm³/mol. The maximum atomic E-state index is 12.7. The highest BCUT2D eigenvalue weighted by molar-refractivity contribution is 7.92. The monoisotopic (exact) mass is 360 g/mol. The summed E-state index contributed by atoms with van der Waals surface area (Å²) in [6, 6.07) is 11.9. The summed E-state index contributed by atoms with van der Waals surface area (Å²) in [6.07, 6.45) is 4.38. The van der Waals surface area contributed by atoms with E-state index in [0.29, 0.717) is 10.7 Å². The molecule has 1 aliphatic rings. The van der Waals surface area contributed by atoms with Gasteiger partial charge in [-0.05, 0) is 73.7 Å². The summed E-state index contributed by atoms with van der Waals surface area (Å²) in [4.78, 5) is 3.70. The first kappa shape index (κ1) is 15.5. The van der Waals surface area contributed by atoms with Gasteiger partial charge in [0.15, 0.2) is 0 Å². The first-order valence-corrected chi connectivity index (χ1v) is 9.81. The van der Waals surface area contributed by atoms with E-state index in [1.54, 1.807) is 36.4 Å². The number of rotatable bonds is 3. The Kier molecular flexibility index (Phi) is 3.77. The Labute approximate surface area is 145 Å². The Morgan fingerprint density at radius 2 is 1.75 bits per heavy atom. The van der Waals surface area contributed by atoms with Crippen LogP contribution in [0, 0.1) is 0 Å². The molecule has 6 heteroatoms. The smallest absolute Gasteiger partial charge is 0.261 e. The van der Waals surface area contributed by atoms with Crippen LogP contribution in [-0.4, -0.2) is 13.4 Å². The van der Waals surface area contributed by atoms with E-state index < -0.39 is 10.0 Å². The van der Waals surface area contributed by atoms with E-state index in [4.69, 9.17) is 11.6 Å². The van der Waals surface area contributed by atoms with E-state index in [0.717, 1.165) is 30.2 Å². The van der Waals surface area contributed by atoms with Crippen molar-refractivity contribution in [1.29, 1.82) is 0 Å². The molecule has 2 N–H and O–H groups in total. The number of H-pyrrole nitrogens is 1. The molecule has 4 nitrogen and oxygen atoms in total. The summed E-state index contributed by atoms with van der Waals surface area (Å²) < 4.78 is 27.9. The van der Waals surface area contributed by atoms with Gasteiger partial charge in [0.25, 0.3) is 10.0 Å². The molecule has 0 aliphatic heterocycles. The number of hydrogen-bond acceptors (Lipinski definition) is 2. The van der Waals surface area contributed by atoms with E-state index in [-0.39, 0.29) is 4.90 Å². The van der Waals surface area contributed by atoms with Crippen molar-refractivity contribution in [2.45, 2.75) is 30.6 Å². The zero-order valence-electron chi connectivity index (χ0n) is 13.0. The first-order chi connectivity index (χ1) is 11.5. The Morgan fingerprint density at radius 1 is 1.00 bits per heavy atom. The second-order valence-electron chi connectivity index (χ2n) is 6.11. The van der Waals surface area contributed by atoms with Gasteiger partial charge in [-0.15, -0.1) is 0 Å². The molecule has 0 atom stereocenters. The van der Waals surface area contributed by atoms with E-state index in [1.165, 1.54) is 17.7 Å². The largest absolute Gasteiger partial charge is 0.358 e. The van der Waals surface area contributed by atoms with Crippen molar-refractivity contribution in [2.24, 2.45) is 0 Å². The number of hydrogen-bond donors (Lipinski definition) is 2. The first-order valence-electron chi connectivity index (χ1n) is 7.95. The molecule has 0 unspecified atom stereocenters. The number of aryl methyl sites for hydroxylation is 2. The Hall–Kier alpha value is -1.98. The molecule has 0 saturated carbocycles. The number of aromatic amines is 1. The van der Waals surface area contributed by atoms with Crippen LogP contribution in [0.3, 0.4) is 0 Å². The van der Waals surface area contributed by atoms with Gasteiger partial charge in [-0.3, -0.25) is 4.72 Å². The molecule has 0 fully saturated rings. The van der Waals surface area contributed by atoms with Crippen LogP contribution >= 0.6 is 11.6 Å². The standard InChI is InChI=1S/C18H17ClN2O2S/c19-12-5-7-13(8-6-12)21-24(22,23)14-9-10-18-16(11-14)15-3-1-2-4-17(15)20-18/h5-11,20-21H,1-4H2.